The van der Waals surface area contributed by atoms with Crippen LogP contribution in [-0.2, 0) is 6.54 Å². The summed E-state index contributed by atoms with van der Waals surface area (Å²) in [7, 11) is 0. The van der Waals surface area contributed by atoms with Crippen molar-refractivity contribution < 1.29 is 0 Å². The SMILES string of the molecule is CCC(NCc1cc(C)c(C)cc1C)c1cccs1. The zero-order valence-electron chi connectivity index (χ0n) is 12.3. The average Bonchev–Trinajstić information content (AvgIpc) is 2.90. The van der Waals surface area contributed by atoms with Crippen LogP contribution >= 0.6 is 11.3 Å². The van der Waals surface area contributed by atoms with Gasteiger partial charge in [-0.15, -0.1) is 11.3 Å². The van der Waals surface area contributed by atoms with E-state index in [0.29, 0.717) is 6.04 Å². The molecule has 1 nitrogen and oxygen atoms in total. The molecule has 1 N–H and O–H groups in total. The van der Waals surface area contributed by atoms with Crippen molar-refractivity contribution in [2.45, 2.75) is 46.7 Å². The predicted octanol–water partition coefficient (Wildman–Crippen LogP) is 4.91. The molecule has 0 fully saturated rings. The Bertz CT molecular complexity index is 528. The smallest absolute Gasteiger partial charge is 0.0414 e. The summed E-state index contributed by atoms with van der Waals surface area (Å²) >= 11 is 1.84. The highest BCUT2D eigenvalue weighted by molar-refractivity contribution is 7.10. The number of benzene rings is 1. The van der Waals surface area contributed by atoms with Crippen LogP contribution in [0.25, 0.3) is 0 Å². The van der Waals surface area contributed by atoms with E-state index >= 15 is 0 Å². The van der Waals surface area contributed by atoms with Crippen LogP contribution in [0.3, 0.4) is 0 Å². The van der Waals surface area contributed by atoms with Gasteiger partial charge in [0, 0.05) is 17.5 Å². The Kier molecular flexibility index (Phi) is 4.78. The van der Waals surface area contributed by atoms with Gasteiger partial charge in [0.25, 0.3) is 0 Å². The second-order valence-corrected chi connectivity index (χ2v) is 6.20. The lowest BCUT2D eigenvalue weighted by Crippen LogP contribution is -2.20. The Balaban J connectivity index is 2.08. The molecular weight excluding hydrogens is 250 g/mol. The Morgan fingerprint density at radius 1 is 1.11 bits per heavy atom. The zero-order valence-corrected chi connectivity index (χ0v) is 13.1. The molecule has 0 amide bonds. The molecule has 2 aromatic rings. The maximum absolute atomic E-state index is 3.69. The number of hydrogen-bond donors (Lipinski definition) is 1. The van der Waals surface area contributed by atoms with E-state index in [1.807, 2.05) is 11.3 Å². The Hall–Kier alpha value is -1.12. The summed E-state index contributed by atoms with van der Waals surface area (Å²) in [6.45, 7) is 9.76. The molecule has 0 radical (unpaired) electrons. The molecule has 102 valence electrons. The molecule has 0 saturated heterocycles. The van der Waals surface area contributed by atoms with Crippen LogP contribution in [0, 0.1) is 20.8 Å². The molecule has 0 aliphatic rings. The number of aryl methyl sites for hydroxylation is 3. The van der Waals surface area contributed by atoms with Crippen LogP contribution in [0.15, 0.2) is 29.6 Å². The maximum atomic E-state index is 3.69. The third-order valence-corrected chi connectivity index (χ3v) is 4.77. The Morgan fingerprint density at radius 3 is 2.47 bits per heavy atom. The first-order valence-corrected chi connectivity index (χ1v) is 7.83. The molecule has 1 unspecified atom stereocenters. The first kappa shape index (κ1) is 14.3. The highest BCUT2D eigenvalue weighted by Gasteiger charge is 2.10. The fourth-order valence-corrected chi connectivity index (χ4v) is 3.27. The molecule has 0 spiro atoms. The standard InChI is InChI=1S/C17H23NS/c1-5-16(17-7-6-8-19-17)18-11-15-10-13(3)12(2)9-14(15)4/h6-10,16,18H,5,11H2,1-4H3. The molecule has 0 aliphatic carbocycles. The molecule has 2 rings (SSSR count). The van der Waals surface area contributed by atoms with E-state index in [-0.39, 0.29) is 0 Å². The monoisotopic (exact) mass is 273 g/mol. The number of thiophene rings is 1. The van der Waals surface area contributed by atoms with Crippen molar-refractivity contribution in [1.82, 2.24) is 5.32 Å². The summed E-state index contributed by atoms with van der Waals surface area (Å²) in [4.78, 5) is 1.43. The first-order valence-electron chi connectivity index (χ1n) is 6.95. The zero-order chi connectivity index (χ0) is 13.8. The van der Waals surface area contributed by atoms with Crippen molar-refractivity contribution in [2.75, 3.05) is 0 Å². The highest BCUT2D eigenvalue weighted by atomic mass is 32.1. The minimum Gasteiger partial charge on any atom is -0.305 e. The Morgan fingerprint density at radius 2 is 1.84 bits per heavy atom. The summed E-state index contributed by atoms with van der Waals surface area (Å²) in [6, 6.07) is 9.43. The Labute approximate surface area is 120 Å². The van der Waals surface area contributed by atoms with Gasteiger partial charge in [-0.2, -0.15) is 0 Å². The van der Waals surface area contributed by atoms with Crippen LogP contribution in [0.4, 0.5) is 0 Å². The molecule has 1 aromatic carbocycles. The summed E-state index contributed by atoms with van der Waals surface area (Å²) < 4.78 is 0. The minimum atomic E-state index is 0.473. The van der Waals surface area contributed by atoms with Crippen molar-refractivity contribution in [3.05, 3.63) is 56.8 Å². The van der Waals surface area contributed by atoms with Gasteiger partial charge < -0.3 is 5.32 Å². The number of nitrogens with one attached hydrogen (secondary N) is 1. The van der Waals surface area contributed by atoms with Crippen molar-refractivity contribution in [3.63, 3.8) is 0 Å². The fourth-order valence-electron chi connectivity index (χ4n) is 2.38. The summed E-state index contributed by atoms with van der Waals surface area (Å²) in [5.74, 6) is 0. The quantitative estimate of drug-likeness (QED) is 0.816. The van der Waals surface area contributed by atoms with E-state index in [0.717, 1.165) is 13.0 Å². The van der Waals surface area contributed by atoms with Gasteiger partial charge in [0.2, 0.25) is 0 Å². The van der Waals surface area contributed by atoms with Gasteiger partial charge in [0.1, 0.15) is 0 Å². The molecule has 1 heterocycles. The lowest BCUT2D eigenvalue weighted by molar-refractivity contribution is 0.525. The molecule has 1 aromatic heterocycles. The summed E-state index contributed by atoms with van der Waals surface area (Å²) in [5.41, 5.74) is 5.56. The maximum Gasteiger partial charge on any atom is 0.0414 e. The van der Waals surface area contributed by atoms with E-state index in [4.69, 9.17) is 0 Å². The lowest BCUT2D eigenvalue weighted by atomic mass is 10.0. The second kappa shape index (κ2) is 6.36. The number of hydrogen-bond acceptors (Lipinski definition) is 2. The number of rotatable bonds is 5. The molecule has 0 bridgehead atoms. The van der Waals surface area contributed by atoms with Gasteiger partial charge in [0.05, 0.1) is 0 Å². The van der Waals surface area contributed by atoms with Crippen molar-refractivity contribution in [1.29, 1.82) is 0 Å². The van der Waals surface area contributed by atoms with Gasteiger partial charge in [-0.25, -0.2) is 0 Å². The van der Waals surface area contributed by atoms with E-state index in [1.54, 1.807) is 0 Å². The summed E-state index contributed by atoms with van der Waals surface area (Å²) in [5, 5.41) is 5.84. The lowest BCUT2D eigenvalue weighted by Gasteiger charge is -2.17. The molecule has 1 atom stereocenters. The minimum absolute atomic E-state index is 0.473. The normalized spacial score (nSPS) is 12.6. The van der Waals surface area contributed by atoms with Crippen LogP contribution in [0.2, 0.25) is 0 Å². The second-order valence-electron chi connectivity index (χ2n) is 5.22. The van der Waals surface area contributed by atoms with Crippen molar-refractivity contribution in [3.8, 4) is 0 Å². The van der Waals surface area contributed by atoms with Gasteiger partial charge in [-0.1, -0.05) is 25.1 Å². The van der Waals surface area contributed by atoms with Gasteiger partial charge in [-0.3, -0.25) is 0 Å². The summed E-state index contributed by atoms with van der Waals surface area (Å²) in [6.07, 6.45) is 1.13. The molecule has 0 saturated carbocycles. The van der Waals surface area contributed by atoms with Crippen LogP contribution < -0.4 is 5.32 Å². The van der Waals surface area contributed by atoms with Crippen LogP contribution in [0.1, 0.15) is 46.5 Å². The topological polar surface area (TPSA) is 12.0 Å². The van der Waals surface area contributed by atoms with E-state index in [2.05, 4.69) is 62.7 Å². The predicted molar refractivity (Wildman–Crippen MR) is 84.8 cm³/mol. The fraction of sp³-hybridized carbons (Fsp3) is 0.412. The van der Waals surface area contributed by atoms with E-state index in [9.17, 15) is 0 Å². The van der Waals surface area contributed by atoms with E-state index < -0.39 is 0 Å². The molecular formula is C17H23NS. The third-order valence-electron chi connectivity index (χ3n) is 3.79. The largest absolute Gasteiger partial charge is 0.305 e. The highest BCUT2D eigenvalue weighted by Crippen LogP contribution is 2.23. The molecule has 0 aliphatic heterocycles. The van der Waals surface area contributed by atoms with Gasteiger partial charge in [-0.05, 0) is 60.9 Å². The molecule has 2 heteroatoms. The van der Waals surface area contributed by atoms with Crippen molar-refractivity contribution >= 4 is 11.3 Å². The van der Waals surface area contributed by atoms with Crippen molar-refractivity contribution in [2.24, 2.45) is 0 Å². The average molecular weight is 273 g/mol. The van der Waals surface area contributed by atoms with Gasteiger partial charge >= 0.3 is 0 Å². The van der Waals surface area contributed by atoms with Crippen LogP contribution in [-0.4, -0.2) is 0 Å². The van der Waals surface area contributed by atoms with Gasteiger partial charge in [0.15, 0.2) is 0 Å². The van der Waals surface area contributed by atoms with Crippen LogP contribution in [0.5, 0.6) is 0 Å². The van der Waals surface area contributed by atoms with E-state index in [1.165, 1.54) is 27.1 Å². The third kappa shape index (κ3) is 3.46. The molecule has 19 heavy (non-hydrogen) atoms. The first-order chi connectivity index (χ1) is 9.11.